The number of carboxylic acid groups (broad SMARTS) is 1. The summed E-state index contributed by atoms with van der Waals surface area (Å²) in [4.78, 5) is 42.4. The van der Waals surface area contributed by atoms with E-state index < -0.39 is 17.3 Å². The molecule has 0 saturated heterocycles. The number of amides is 2. The summed E-state index contributed by atoms with van der Waals surface area (Å²) >= 11 is 6.06. The van der Waals surface area contributed by atoms with Crippen LogP contribution in [0.3, 0.4) is 0 Å². The first-order chi connectivity index (χ1) is 19.0. The monoisotopic (exact) mass is 562 g/mol. The Hall–Kier alpha value is -3.84. The predicted octanol–water partition coefficient (Wildman–Crippen LogP) is 6.80. The highest BCUT2D eigenvalue weighted by atomic mass is 35.5. The molecule has 4 rings (SSSR count). The highest BCUT2D eigenvalue weighted by Gasteiger charge is 2.39. The molecule has 0 fully saturated rings. The Kier molecular flexibility index (Phi) is 8.84. The molecule has 1 aliphatic heterocycles. The van der Waals surface area contributed by atoms with Gasteiger partial charge in [0.1, 0.15) is 5.75 Å². The molecule has 40 heavy (non-hydrogen) atoms. The van der Waals surface area contributed by atoms with Gasteiger partial charge in [0, 0.05) is 34.5 Å². The molecule has 1 N–H and O–H groups in total. The first kappa shape index (κ1) is 29.2. The van der Waals surface area contributed by atoms with Crippen molar-refractivity contribution < 1.29 is 24.2 Å². The van der Waals surface area contributed by atoms with Crippen LogP contribution in [0.25, 0.3) is 0 Å². The Balaban J connectivity index is 1.53. The van der Waals surface area contributed by atoms with Crippen LogP contribution < -0.4 is 14.5 Å². The first-order valence-electron chi connectivity index (χ1n) is 13.5. The first-order valence-corrected chi connectivity index (χ1v) is 13.9. The van der Waals surface area contributed by atoms with Crippen molar-refractivity contribution in [3.63, 3.8) is 0 Å². The van der Waals surface area contributed by atoms with Crippen LogP contribution in [0, 0.1) is 5.41 Å². The molecule has 8 heteroatoms. The smallest absolute Gasteiger partial charge is 0.309 e. The number of aliphatic carboxylic acids is 1. The molecule has 2 amide bonds. The normalized spacial score (nSPS) is 16.7. The molecule has 3 aromatic carbocycles. The molecule has 2 atom stereocenters. The number of benzene rings is 3. The minimum absolute atomic E-state index is 0.0104. The van der Waals surface area contributed by atoms with Gasteiger partial charge in [-0.1, -0.05) is 29.8 Å². The number of hydrogen-bond donors (Lipinski definition) is 1. The van der Waals surface area contributed by atoms with Crippen LogP contribution in [0.5, 0.6) is 5.75 Å². The molecule has 1 aliphatic rings. The molecule has 0 bridgehead atoms. The summed E-state index contributed by atoms with van der Waals surface area (Å²) in [6.45, 7) is 8.00. The van der Waals surface area contributed by atoms with Gasteiger partial charge in [-0.05, 0) is 101 Å². The third-order valence-electron chi connectivity index (χ3n) is 7.50. The number of rotatable bonds is 9. The summed E-state index contributed by atoms with van der Waals surface area (Å²) in [5, 5.41) is 9.89. The fourth-order valence-electron chi connectivity index (χ4n) is 4.99. The van der Waals surface area contributed by atoms with Crippen LogP contribution in [0.1, 0.15) is 62.4 Å². The maximum Gasteiger partial charge on any atom is 0.309 e. The fourth-order valence-corrected chi connectivity index (χ4v) is 5.12. The van der Waals surface area contributed by atoms with Crippen molar-refractivity contribution in [3.05, 3.63) is 88.9 Å². The van der Waals surface area contributed by atoms with E-state index >= 15 is 0 Å². The van der Waals surface area contributed by atoms with Crippen molar-refractivity contribution in [1.29, 1.82) is 0 Å². The molecule has 210 valence electrons. The number of carbonyl (C=O) groups excluding carboxylic acids is 2. The summed E-state index contributed by atoms with van der Waals surface area (Å²) in [6.07, 6.45) is 0.852. The SMILES string of the molecule is CCN(C(=O)[C@H]1C[C@H](C)N(C(=O)c2ccc(OCCC(C)(C)C(=O)O)cc2)c2ccccc21)c1ccc(Cl)cc1. The molecule has 0 aliphatic carbocycles. The zero-order valence-electron chi connectivity index (χ0n) is 23.3. The molecule has 0 aromatic heterocycles. The number of nitrogens with zero attached hydrogens (tertiary/aromatic N) is 2. The average molecular weight is 563 g/mol. The van der Waals surface area contributed by atoms with Crippen molar-refractivity contribution in [2.24, 2.45) is 5.41 Å². The summed E-state index contributed by atoms with van der Waals surface area (Å²) in [7, 11) is 0. The molecule has 3 aromatic rings. The van der Waals surface area contributed by atoms with Gasteiger partial charge in [0.25, 0.3) is 5.91 Å². The lowest BCUT2D eigenvalue weighted by molar-refractivity contribution is -0.147. The summed E-state index contributed by atoms with van der Waals surface area (Å²) in [6, 6.07) is 21.5. The number of carboxylic acids is 1. The van der Waals surface area contributed by atoms with E-state index in [0.29, 0.717) is 35.7 Å². The summed E-state index contributed by atoms with van der Waals surface area (Å²) in [5.41, 5.74) is 1.96. The number of halogens is 1. The van der Waals surface area contributed by atoms with Crippen LogP contribution >= 0.6 is 11.6 Å². The number of para-hydroxylation sites is 1. The highest BCUT2D eigenvalue weighted by molar-refractivity contribution is 6.30. The number of likely N-dealkylation sites (N-methyl/N-ethyl adjacent to an activating group) is 1. The number of fused-ring (bicyclic) bond motifs is 1. The minimum atomic E-state index is -0.879. The van der Waals surface area contributed by atoms with Gasteiger partial charge in [0.05, 0.1) is 17.9 Å². The number of hydrogen-bond acceptors (Lipinski definition) is 4. The number of anilines is 2. The molecule has 0 unspecified atom stereocenters. The second-order valence-corrected chi connectivity index (χ2v) is 11.2. The largest absolute Gasteiger partial charge is 0.494 e. The third-order valence-corrected chi connectivity index (χ3v) is 7.75. The zero-order chi connectivity index (χ0) is 29.0. The Morgan fingerprint density at radius 1 is 1.02 bits per heavy atom. The average Bonchev–Trinajstić information content (AvgIpc) is 2.94. The van der Waals surface area contributed by atoms with E-state index in [0.717, 1.165) is 16.9 Å². The lowest BCUT2D eigenvalue weighted by Crippen LogP contribution is -2.46. The number of ether oxygens (including phenoxy) is 1. The summed E-state index contributed by atoms with van der Waals surface area (Å²) in [5.74, 6) is -0.864. The van der Waals surface area contributed by atoms with Crippen molar-refractivity contribution in [2.45, 2.75) is 52.5 Å². The Morgan fingerprint density at radius 2 is 1.68 bits per heavy atom. The van der Waals surface area contributed by atoms with Gasteiger partial charge < -0.3 is 19.6 Å². The van der Waals surface area contributed by atoms with Crippen LogP contribution in [0.4, 0.5) is 11.4 Å². The van der Waals surface area contributed by atoms with Crippen molar-refractivity contribution in [1.82, 2.24) is 0 Å². The lowest BCUT2D eigenvalue weighted by atomic mass is 9.84. The molecule has 0 radical (unpaired) electrons. The zero-order valence-corrected chi connectivity index (χ0v) is 24.0. The fraction of sp³-hybridized carbons (Fsp3) is 0.344. The van der Waals surface area contributed by atoms with E-state index in [1.165, 1.54) is 0 Å². The van der Waals surface area contributed by atoms with Crippen LogP contribution in [0.15, 0.2) is 72.8 Å². The second-order valence-electron chi connectivity index (χ2n) is 10.7. The quantitative estimate of drug-likeness (QED) is 0.310. The van der Waals surface area contributed by atoms with Crippen molar-refractivity contribution >= 4 is 40.8 Å². The van der Waals surface area contributed by atoms with E-state index in [9.17, 15) is 19.5 Å². The van der Waals surface area contributed by atoms with E-state index in [4.69, 9.17) is 16.3 Å². The van der Waals surface area contributed by atoms with Gasteiger partial charge in [-0.15, -0.1) is 0 Å². The lowest BCUT2D eigenvalue weighted by Gasteiger charge is -2.40. The number of carbonyl (C=O) groups is 3. The van der Waals surface area contributed by atoms with Crippen LogP contribution in [-0.4, -0.2) is 42.1 Å². The van der Waals surface area contributed by atoms with Gasteiger partial charge in [0.2, 0.25) is 5.91 Å². The van der Waals surface area contributed by atoms with Gasteiger partial charge in [0.15, 0.2) is 0 Å². The molecular formula is C32H35ClN2O5. The van der Waals surface area contributed by atoms with Crippen molar-refractivity contribution in [2.75, 3.05) is 23.0 Å². The van der Waals surface area contributed by atoms with Crippen molar-refractivity contribution in [3.8, 4) is 5.75 Å². The van der Waals surface area contributed by atoms with E-state index in [-0.39, 0.29) is 24.5 Å². The Bertz CT molecular complexity index is 1370. The third kappa shape index (κ3) is 6.15. The highest BCUT2D eigenvalue weighted by Crippen LogP contribution is 2.41. The van der Waals surface area contributed by atoms with E-state index in [1.54, 1.807) is 60.0 Å². The Labute approximate surface area is 240 Å². The second kappa shape index (κ2) is 12.1. The van der Waals surface area contributed by atoms with Gasteiger partial charge in [-0.25, -0.2) is 0 Å². The summed E-state index contributed by atoms with van der Waals surface area (Å²) < 4.78 is 5.73. The molecule has 1 heterocycles. The topological polar surface area (TPSA) is 87.2 Å². The van der Waals surface area contributed by atoms with Gasteiger partial charge in [-0.2, -0.15) is 0 Å². The molecule has 0 spiro atoms. The minimum Gasteiger partial charge on any atom is -0.494 e. The Morgan fingerprint density at radius 3 is 2.30 bits per heavy atom. The molecular weight excluding hydrogens is 528 g/mol. The standard InChI is InChI=1S/C32H35ClN2O5/c1-5-34(24-14-12-23(33)13-15-24)30(37)27-20-21(2)35(28-9-7-6-8-26(27)28)29(36)22-10-16-25(17-11-22)40-19-18-32(3,4)31(38)39/h6-17,21,27H,5,18-20H2,1-4H3,(H,38,39)/t21-,27-/m0/s1. The maximum atomic E-state index is 13.8. The van der Waals surface area contributed by atoms with Gasteiger partial charge >= 0.3 is 5.97 Å². The van der Waals surface area contributed by atoms with Gasteiger partial charge in [-0.3, -0.25) is 14.4 Å². The van der Waals surface area contributed by atoms with E-state index in [2.05, 4.69) is 0 Å². The maximum absolute atomic E-state index is 13.8. The molecule has 7 nitrogen and oxygen atoms in total. The molecule has 0 saturated carbocycles. The predicted molar refractivity (Wildman–Crippen MR) is 158 cm³/mol. The van der Waals surface area contributed by atoms with Crippen LogP contribution in [-0.2, 0) is 9.59 Å². The van der Waals surface area contributed by atoms with Crippen LogP contribution in [0.2, 0.25) is 5.02 Å². The van der Waals surface area contributed by atoms with E-state index in [1.807, 2.05) is 50.2 Å².